The molecule has 0 N–H and O–H groups in total. The molecule has 1 amide bonds. The molecular formula is C18H19ClN2O3. The third-order valence-electron chi connectivity index (χ3n) is 3.63. The molecule has 0 saturated heterocycles. The Kier molecular flexibility index (Phi) is 5.24. The molecule has 0 unspecified atom stereocenters. The Morgan fingerprint density at radius 1 is 1.17 bits per heavy atom. The van der Waals surface area contributed by atoms with Crippen molar-refractivity contribution in [2.45, 2.75) is 32.9 Å². The fourth-order valence-electron chi connectivity index (χ4n) is 2.32. The number of halogens is 1. The van der Waals surface area contributed by atoms with Gasteiger partial charge in [0.05, 0.1) is 15.5 Å². The maximum absolute atomic E-state index is 13.0. The van der Waals surface area contributed by atoms with E-state index >= 15 is 0 Å². The predicted octanol–water partition coefficient (Wildman–Crippen LogP) is 4.69. The van der Waals surface area contributed by atoms with Crippen LogP contribution in [0.2, 0.25) is 5.02 Å². The van der Waals surface area contributed by atoms with Crippen molar-refractivity contribution in [3.05, 3.63) is 74.8 Å². The standard InChI is InChI=1S/C18H19ClN2O3/c1-18(2,3)20(12-13-7-5-4-6-8-13)17(22)15-10-9-14(21(23)24)11-16(15)19/h4-11H,12H2,1-3H3. The monoisotopic (exact) mass is 346 g/mol. The summed E-state index contributed by atoms with van der Waals surface area (Å²) in [5.74, 6) is -0.258. The van der Waals surface area contributed by atoms with Crippen molar-refractivity contribution >= 4 is 23.2 Å². The molecule has 5 nitrogen and oxygen atoms in total. The van der Waals surface area contributed by atoms with Crippen LogP contribution in [-0.2, 0) is 6.54 Å². The van der Waals surface area contributed by atoms with Gasteiger partial charge in [-0.05, 0) is 32.4 Å². The molecule has 2 rings (SSSR count). The fraction of sp³-hybridized carbons (Fsp3) is 0.278. The molecule has 2 aromatic carbocycles. The zero-order chi connectivity index (χ0) is 17.9. The van der Waals surface area contributed by atoms with Crippen LogP contribution >= 0.6 is 11.6 Å². The normalized spacial score (nSPS) is 11.2. The lowest BCUT2D eigenvalue weighted by Gasteiger charge is -2.36. The molecule has 2 aromatic rings. The number of hydrogen-bond donors (Lipinski definition) is 0. The maximum Gasteiger partial charge on any atom is 0.270 e. The Bertz CT molecular complexity index is 755. The summed E-state index contributed by atoms with van der Waals surface area (Å²) in [5, 5.41) is 10.9. The van der Waals surface area contributed by atoms with E-state index in [-0.39, 0.29) is 22.2 Å². The highest BCUT2D eigenvalue weighted by atomic mass is 35.5. The fourth-order valence-corrected chi connectivity index (χ4v) is 2.57. The number of nitro benzene ring substituents is 1. The SMILES string of the molecule is CC(C)(C)N(Cc1ccccc1)C(=O)c1ccc([N+](=O)[O-])cc1Cl. The van der Waals surface area contributed by atoms with Crippen molar-refractivity contribution in [1.82, 2.24) is 4.90 Å². The van der Waals surface area contributed by atoms with Gasteiger partial charge in [0.1, 0.15) is 0 Å². The number of rotatable bonds is 4. The van der Waals surface area contributed by atoms with Crippen molar-refractivity contribution in [2.24, 2.45) is 0 Å². The lowest BCUT2D eigenvalue weighted by atomic mass is 10.0. The number of nitro groups is 1. The minimum absolute atomic E-state index is 0.0801. The van der Waals surface area contributed by atoms with Gasteiger partial charge in [-0.1, -0.05) is 41.9 Å². The minimum atomic E-state index is -0.536. The van der Waals surface area contributed by atoms with E-state index in [4.69, 9.17) is 11.6 Å². The molecule has 0 saturated carbocycles. The summed E-state index contributed by atoms with van der Waals surface area (Å²) in [7, 11) is 0. The molecule has 0 atom stereocenters. The van der Waals surface area contributed by atoms with Gasteiger partial charge in [-0.25, -0.2) is 0 Å². The molecule has 0 radical (unpaired) electrons. The van der Waals surface area contributed by atoms with Gasteiger partial charge in [-0.15, -0.1) is 0 Å². The molecule has 0 bridgehead atoms. The van der Waals surface area contributed by atoms with Crippen LogP contribution in [0.5, 0.6) is 0 Å². The smallest absolute Gasteiger partial charge is 0.270 e. The van der Waals surface area contributed by atoms with Crippen LogP contribution in [-0.4, -0.2) is 21.3 Å². The number of carbonyl (C=O) groups excluding carboxylic acids is 1. The zero-order valence-electron chi connectivity index (χ0n) is 13.8. The summed E-state index contributed by atoms with van der Waals surface area (Å²) in [6.07, 6.45) is 0. The third-order valence-corrected chi connectivity index (χ3v) is 3.95. The molecule has 0 aromatic heterocycles. The van der Waals surface area contributed by atoms with Gasteiger partial charge in [-0.3, -0.25) is 14.9 Å². The maximum atomic E-state index is 13.0. The van der Waals surface area contributed by atoms with Gasteiger partial charge in [-0.2, -0.15) is 0 Å². The highest BCUT2D eigenvalue weighted by molar-refractivity contribution is 6.34. The number of non-ortho nitro benzene ring substituents is 1. The first-order chi connectivity index (χ1) is 11.2. The molecule has 0 aliphatic carbocycles. The van der Waals surface area contributed by atoms with E-state index in [0.717, 1.165) is 5.56 Å². The van der Waals surface area contributed by atoms with Crippen molar-refractivity contribution < 1.29 is 9.72 Å². The average molecular weight is 347 g/mol. The zero-order valence-corrected chi connectivity index (χ0v) is 14.6. The third kappa shape index (κ3) is 4.11. The topological polar surface area (TPSA) is 63.5 Å². The molecule has 6 heteroatoms. The summed E-state index contributed by atoms with van der Waals surface area (Å²) >= 11 is 6.11. The molecule has 0 heterocycles. The average Bonchev–Trinajstić information content (AvgIpc) is 2.51. The Balaban J connectivity index is 2.37. The second-order valence-corrected chi connectivity index (χ2v) is 6.88. The summed E-state index contributed by atoms with van der Waals surface area (Å²) in [4.78, 5) is 25.0. The number of benzene rings is 2. The molecule has 0 spiro atoms. The molecule has 126 valence electrons. The molecule has 0 fully saturated rings. The summed E-state index contributed by atoms with van der Waals surface area (Å²) in [6.45, 7) is 6.24. The van der Waals surface area contributed by atoms with Crippen LogP contribution in [0.15, 0.2) is 48.5 Å². The van der Waals surface area contributed by atoms with E-state index in [2.05, 4.69) is 0 Å². The first kappa shape index (κ1) is 17.9. The molecule has 0 aliphatic rings. The highest BCUT2D eigenvalue weighted by Crippen LogP contribution is 2.27. The van der Waals surface area contributed by atoms with Gasteiger partial charge >= 0.3 is 0 Å². The van der Waals surface area contributed by atoms with E-state index in [1.807, 2.05) is 51.1 Å². The van der Waals surface area contributed by atoms with Crippen molar-refractivity contribution in [3.63, 3.8) is 0 Å². The van der Waals surface area contributed by atoms with E-state index in [0.29, 0.717) is 6.54 Å². The Morgan fingerprint density at radius 2 is 1.79 bits per heavy atom. The van der Waals surface area contributed by atoms with Crippen molar-refractivity contribution in [1.29, 1.82) is 0 Å². The van der Waals surface area contributed by atoms with Crippen molar-refractivity contribution in [2.75, 3.05) is 0 Å². The van der Waals surface area contributed by atoms with Gasteiger partial charge < -0.3 is 4.90 Å². The quantitative estimate of drug-likeness (QED) is 0.596. The first-order valence-electron chi connectivity index (χ1n) is 7.50. The van der Waals surface area contributed by atoms with E-state index in [1.54, 1.807) is 4.90 Å². The second kappa shape index (κ2) is 7.01. The van der Waals surface area contributed by atoms with Gasteiger partial charge in [0.15, 0.2) is 0 Å². The Hall–Kier alpha value is -2.40. The summed E-state index contributed by atoms with van der Waals surface area (Å²) < 4.78 is 0. The van der Waals surface area contributed by atoms with Crippen LogP contribution in [0, 0.1) is 10.1 Å². The van der Waals surface area contributed by atoms with E-state index in [1.165, 1.54) is 18.2 Å². The summed E-state index contributed by atoms with van der Waals surface area (Å²) in [5.41, 5.74) is 0.687. The number of carbonyl (C=O) groups is 1. The second-order valence-electron chi connectivity index (χ2n) is 6.47. The largest absolute Gasteiger partial charge is 0.329 e. The van der Waals surface area contributed by atoms with Crippen LogP contribution in [0.1, 0.15) is 36.7 Å². The molecule has 0 aliphatic heterocycles. The van der Waals surface area contributed by atoms with Crippen LogP contribution in [0.3, 0.4) is 0 Å². The summed E-state index contributed by atoms with van der Waals surface area (Å²) in [6, 6.07) is 13.6. The number of nitrogens with zero attached hydrogens (tertiary/aromatic N) is 2. The highest BCUT2D eigenvalue weighted by Gasteiger charge is 2.29. The van der Waals surface area contributed by atoms with Gasteiger partial charge in [0.2, 0.25) is 0 Å². The number of hydrogen-bond acceptors (Lipinski definition) is 3. The Morgan fingerprint density at radius 3 is 2.29 bits per heavy atom. The molecule has 24 heavy (non-hydrogen) atoms. The van der Waals surface area contributed by atoms with E-state index in [9.17, 15) is 14.9 Å². The van der Waals surface area contributed by atoms with E-state index < -0.39 is 10.5 Å². The lowest BCUT2D eigenvalue weighted by Crippen LogP contribution is -2.45. The van der Waals surface area contributed by atoms with Crippen LogP contribution in [0.4, 0.5) is 5.69 Å². The van der Waals surface area contributed by atoms with Crippen molar-refractivity contribution in [3.8, 4) is 0 Å². The van der Waals surface area contributed by atoms with Crippen LogP contribution < -0.4 is 0 Å². The first-order valence-corrected chi connectivity index (χ1v) is 7.88. The predicted molar refractivity (Wildman–Crippen MR) is 94.2 cm³/mol. The minimum Gasteiger partial charge on any atom is -0.329 e. The van der Waals surface area contributed by atoms with Gasteiger partial charge in [0.25, 0.3) is 11.6 Å². The molecular weight excluding hydrogens is 328 g/mol. The number of amides is 1. The van der Waals surface area contributed by atoms with Gasteiger partial charge in [0, 0.05) is 24.2 Å². The van der Waals surface area contributed by atoms with Crippen LogP contribution in [0.25, 0.3) is 0 Å². The Labute approximate surface area is 146 Å². The lowest BCUT2D eigenvalue weighted by molar-refractivity contribution is -0.384.